The van der Waals surface area contributed by atoms with Crippen LogP contribution >= 0.6 is 24.0 Å². The third-order valence-electron chi connectivity index (χ3n) is 6.22. The first-order valence-electron chi connectivity index (χ1n) is 12.1. The van der Waals surface area contributed by atoms with Crippen LogP contribution in [0.1, 0.15) is 57.4 Å². The molecule has 2 aliphatic heterocycles. The van der Waals surface area contributed by atoms with Gasteiger partial charge in [0, 0.05) is 26.2 Å². The number of likely N-dealkylation sites (tertiary alicyclic amines) is 1. The fraction of sp³-hybridized carbons (Fsp3) is 0.708. The highest BCUT2D eigenvalue weighted by molar-refractivity contribution is 14.0. The fourth-order valence-corrected chi connectivity index (χ4v) is 4.39. The van der Waals surface area contributed by atoms with Crippen LogP contribution in [0.2, 0.25) is 0 Å². The molecule has 2 aliphatic rings. The van der Waals surface area contributed by atoms with Crippen LogP contribution in [0.3, 0.4) is 0 Å². The molecule has 0 amide bonds. The van der Waals surface area contributed by atoms with Crippen LogP contribution in [0, 0.1) is 5.82 Å². The molecule has 2 heterocycles. The highest BCUT2D eigenvalue weighted by atomic mass is 127. The van der Waals surface area contributed by atoms with E-state index >= 15 is 0 Å². The van der Waals surface area contributed by atoms with E-state index in [4.69, 9.17) is 0 Å². The molecule has 8 heteroatoms. The fourth-order valence-electron chi connectivity index (χ4n) is 4.39. The van der Waals surface area contributed by atoms with Crippen molar-refractivity contribution in [2.45, 2.75) is 64.5 Å². The van der Waals surface area contributed by atoms with Crippen LogP contribution in [-0.4, -0.2) is 67.9 Å². The molecular formula is C24H41FIN5O. The van der Waals surface area contributed by atoms with E-state index in [9.17, 15) is 9.50 Å². The van der Waals surface area contributed by atoms with Crippen molar-refractivity contribution < 1.29 is 9.50 Å². The summed E-state index contributed by atoms with van der Waals surface area (Å²) < 4.78 is 14.7. The van der Waals surface area contributed by atoms with Crippen LogP contribution in [0.5, 0.6) is 0 Å². The normalized spacial score (nSPS) is 18.7. The Morgan fingerprint density at radius 1 is 1.09 bits per heavy atom. The summed E-state index contributed by atoms with van der Waals surface area (Å²) in [5, 5.41) is 16.4. The van der Waals surface area contributed by atoms with Gasteiger partial charge in [0.25, 0.3) is 0 Å². The number of nitrogens with one attached hydrogen (secondary N) is 2. The molecule has 0 aliphatic carbocycles. The number of hydrogen-bond donors (Lipinski definition) is 3. The summed E-state index contributed by atoms with van der Waals surface area (Å²) in [7, 11) is 0. The Kier molecular flexibility index (Phi) is 12.6. The topological polar surface area (TPSA) is 63.1 Å². The molecule has 32 heavy (non-hydrogen) atoms. The minimum Gasteiger partial charge on any atom is -0.393 e. The molecule has 3 N–H and O–H groups in total. The van der Waals surface area contributed by atoms with Crippen molar-refractivity contribution in [3.8, 4) is 0 Å². The highest BCUT2D eigenvalue weighted by Crippen LogP contribution is 2.24. The van der Waals surface area contributed by atoms with Crippen LogP contribution in [0.25, 0.3) is 0 Å². The predicted octanol–water partition coefficient (Wildman–Crippen LogP) is 3.73. The van der Waals surface area contributed by atoms with Gasteiger partial charge in [-0.05, 0) is 76.4 Å². The summed E-state index contributed by atoms with van der Waals surface area (Å²) in [6.07, 6.45) is 7.62. The van der Waals surface area contributed by atoms with Gasteiger partial charge in [0.15, 0.2) is 5.96 Å². The molecule has 2 fully saturated rings. The van der Waals surface area contributed by atoms with Crippen molar-refractivity contribution in [1.82, 2.24) is 15.5 Å². The third kappa shape index (κ3) is 9.02. The molecule has 0 aromatic heterocycles. The van der Waals surface area contributed by atoms with Gasteiger partial charge >= 0.3 is 0 Å². The van der Waals surface area contributed by atoms with E-state index in [2.05, 4.69) is 27.4 Å². The summed E-state index contributed by atoms with van der Waals surface area (Å²) in [5.41, 5.74) is 1.48. The number of anilines is 1. The standard InChI is InChI=1S/C24H40FN5O.HI/c1-2-26-24(27-12-7-15-29-13-5-3-4-6-14-29)28-19-20-8-9-23(22(25)18-20)30-16-10-21(31)11-17-30;/h8-9,18,21,31H,2-7,10-17,19H2,1H3,(H2,26,27,28);1H. The van der Waals surface area contributed by atoms with Gasteiger partial charge in [-0.3, -0.25) is 0 Å². The lowest BCUT2D eigenvalue weighted by molar-refractivity contribution is 0.145. The Bertz CT molecular complexity index is 689. The predicted molar refractivity (Wildman–Crippen MR) is 142 cm³/mol. The molecule has 2 saturated heterocycles. The van der Waals surface area contributed by atoms with Crippen molar-refractivity contribution in [3.63, 3.8) is 0 Å². The molecule has 1 aromatic rings. The van der Waals surface area contributed by atoms with Gasteiger partial charge in [-0.25, -0.2) is 9.38 Å². The zero-order valence-electron chi connectivity index (χ0n) is 19.5. The Morgan fingerprint density at radius 3 is 2.47 bits per heavy atom. The summed E-state index contributed by atoms with van der Waals surface area (Å²) in [5.74, 6) is 0.576. The van der Waals surface area contributed by atoms with Crippen molar-refractivity contribution in [2.75, 3.05) is 50.7 Å². The number of halogens is 2. The van der Waals surface area contributed by atoms with Gasteiger partial charge in [-0.15, -0.1) is 24.0 Å². The summed E-state index contributed by atoms with van der Waals surface area (Å²) in [6, 6.07) is 5.39. The van der Waals surface area contributed by atoms with Gasteiger partial charge < -0.3 is 25.5 Å². The Morgan fingerprint density at radius 2 is 1.81 bits per heavy atom. The molecule has 3 rings (SSSR count). The number of hydrogen-bond acceptors (Lipinski definition) is 4. The molecule has 0 radical (unpaired) electrons. The zero-order chi connectivity index (χ0) is 21.9. The highest BCUT2D eigenvalue weighted by Gasteiger charge is 2.19. The zero-order valence-corrected chi connectivity index (χ0v) is 21.8. The number of nitrogens with zero attached hydrogens (tertiary/aromatic N) is 3. The van der Waals surface area contributed by atoms with Crippen molar-refractivity contribution >= 4 is 35.6 Å². The number of rotatable bonds is 8. The molecule has 6 nitrogen and oxygen atoms in total. The Hall–Kier alpha value is -1.13. The van der Waals surface area contributed by atoms with Gasteiger partial charge in [-0.1, -0.05) is 18.9 Å². The first-order valence-corrected chi connectivity index (χ1v) is 12.1. The lowest BCUT2D eigenvalue weighted by Crippen LogP contribution is -2.39. The summed E-state index contributed by atoms with van der Waals surface area (Å²) >= 11 is 0. The maximum atomic E-state index is 14.7. The largest absolute Gasteiger partial charge is 0.393 e. The molecule has 182 valence electrons. The van der Waals surface area contributed by atoms with E-state index in [1.165, 1.54) is 38.8 Å². The first kappa shape index (κ1) is 27.1. The lowest BCUT2D eigenvalue weighted by Gasteiger charge is -2.31. The van der Waals surface area contributed by atoms with E-state index in [1.807, 2.05) is 17.0 Å². The van der Waals surface area contributed by atoms with E-state index < -0.39 is 0 Å². The molecule has 0 atom stereocenters. The second-order valence-electron chi connectivity index (χ2n) is 8.74. The maximum Gasteiger partial charge on any atom is 0.191 e. The molecule has 0 spiro atoms. The SMILES string of the molecule is CCNC(=NCc1ccc(N2CCC(O)CC2)c(F)c1)NCCCN1CCCCCC1.I. The van der Waals surface area contributed by atoms with Gasteiger partial charge in [0.2, 0.25) is 0 Å². The van der Waals surface area contributed by atoms with Crippen LogP contribution in [-0.2, 0) is 6.54 Å². The smallest absolute Gasteiger partial charge is 0.191 e. The molecule has 0 saturated carbocycles. The van der Waals surface area contributed by atoms with Crippen molar-refractivity contribution in [3.05, 3.63) is 29.6 Å². The molecule has 1 aromatic carbocycles. The Labute approximate surface area is 210 Å². The van der Waals surface area contributed by atoms with Gasteiger partial charge in [-0.2, -0.15) is 0 Å². The van der Waals surface area contributed by atoms with E-state index in [0.717, 1.165) is 37.6 Å². The quantitative estimate of drug-likeness (QED) is 0.196. The number of guanidine groups is 1. The number of piperidine rings is 1. The maximum absolute atomic E-state index is 14.7. The lowest BCUT2D eigenvalue weighted by atomic mass is 10.1. The monoisotopic (exact) mass is 561 g/mol. The number of aliphatic hydroxyl groups excluding tert-OH is 1. The summed E-state index contributed by atoms with van der Waals surface area (Å²) in [4.78, 5) is 9.24. The van der Waals surface area contributed by atoms with Gasteiger partial charge in [0.05, 0.1) is 18.3 Å². The van der Waals surface area contributed by atoms with Gasteiger partial charge in [0.1, 0.15) is 5.82 Å². The van der Waals surface area contributed by atoms with E-state index in [-0.39, 0.29) is 35.9 Å². The van der Waals surface area contributed by atoms with Crippen LogP contribution in [0.15, 0.2) is 23.2 Å². The molecule has 0 bridgehead atoms. The Balaban J connectivity index is 0.00000363. The van der Waals surface area contributed by atoms with Crippen LogP contribution < -0.4 is 15.5 Å². The average molecular weight is 562 g/mol. The van der Waals surface area contributed by atoms with E-state index in [1.54, 1.807) is 6.07 Å². The minimum atomic E-state index is -0.255. The second kappa shape index (κ2) is 14.9. The minimum absolute atomic E-state index is 0. The number of aliphatic hydroxyl groups is 1. The van der Waals surface area contributed by atoms with Crippen LogP contribution in [0.4, 0.5) is 10.1 Å². The molecular weight excluding hydrogens is 520 g/mol. The van der Waals surface area contributed by atoms with Crippen molar-refractivity contribution in [1.29, 1.82) is 0 Å². The first-order chi connectivity index (χ1) is 15.2. The molecule has 0 unspecified atom stereocenters. The number of aliphatic imine (C=N–C) groups is 1. The average Bonchev–Trinajstić information content (AvgIpc) is 3.05. The third-order valence-corrected chi connectivity index (χ3v) is 6.22. The second-order valence-corrected chi connectivity index (χ2v) is 8.74. The number of benzene rings is 1. The van der Waals surface area contributed by atoms with E-state index in [0.29, 0.717) is 38.2 Å². The van der Waals surface area contributed by atoms with Crippen molar-refractivity contribution in [2.24, 2.45) is 4.99 Å². The summed E-state index contributed by atoms with van der Waals surface area (Å²) in [6.45, 7) is 9.16.